The SMILES string of the molecule is N#CC(C#N)=NNc1ccc(N2CCCCC2)c([N+](=O)[O-])c1. The summed E-state index contributed by atoms with van der Waals surface area (Å²) in [7, 11) is 0. The zero-order chi connectivity index (χ0) is 15.9. The van der Waals surface area contributed by atoms with Crippen LogP contribution in [0.1, 0.15) is 19.3 Å². The number of nitro groups is 1. The highest BCUT2D eigenvalue weighted by Crippen LogP contribution is 2.32. The Balaban J connectivity index is 2.27. The number of nitrogens with zero attached hydrogens (tertiary/aromatic N) is 5. The second-order valence-electron chi connectivity index (χ2n) is 4.80. The molecule has 1 N–H and O–H groups in total. The molecule has 2 rings (SSSR count). The molecule has 1 saturated heterocycles. The monoisotopic (exact) mass is 298 g/mol. The Labute approximate surface area is 127 Å². The van der Waals surface area contributed by atoms with Crippen LogP contribution in [0.4, 0.5) is 17.1 Å². The maximum atomic E-state index is 11.3. The fourth-order valence-corrected chi connectivity index (χ4v) is 2.34. The molecule has 0 aromatic heterocycles. The number of hydrogen-bond acceptors (Lipinski definition) is 7. The Morgan fingerprint density at radius 3 is 2.55 bits per heavy atom. The number of anilines is 2. The lowest BCUT2D eigenvalue weighted by molar-refractivity contribution is -0.384. The highest BCUT2D eigenvalue weighted by molar-refractivity contribution is 6.10. The molecular formula is C14H14N6O2. The normalized spacial score (nSPS) is 13.6. The Morgan fingerprint density at radius 2 is 1.95 bits per heavy atom. The van der Waals surface area contributed by atoms with Gasteiger partial charge in [-0.25, -0.2) is 0 Å². The lowest BCUT2D eigenvalue weighted by atomic mass is 10.1. The molecule has 0 amide bonds. The molecule has 8 nitrogen and oxygen atoms in total. The smallest absolute Gasteiger partial charge is 0.294 e. The average molecular weight is 298 g/mol. The Kier molecular flexibility index (Phi) is 4.89. The van der Waals surface area contributed by atoms with E-state index in [9.17, 15) is 10.1 Å². The van der Waals surface area contributed by atoms with Gasteiger partial charge in [0.15, 0.2) is 0 Å². The van der Waals surface area contributed by atoms with Crippen LogP contribution in [0.3, 0.4) is 0 Å². The first-order chi connectivity index (χ1) is 10.7. The molecule has 1 aliphatic rings. The van der Waals surface area contributed by atoms with E-state index in [1.807, 2.05) is 4.90 Å². The van der Waals surface area contributed by atoms with Crippen LogP contribution in [0.25, 0.3) is 0 Å². The van der Waals surface area contributed by atoms with Crippen molar-refractivity contribution in [2.75, 3.05) is 23.4 Å². The molecule has 0 spiro atoms. The van der Waals surface area contributed by atoms with Gasteiger partial charge in [0.05, 0.1) is 10.6 Å². The van der Waals surface area contributed by atoms with Crippen LogP contribution in [-0.4, -0.2) is 23.7 Å². The molecule has 1 aromatic rings. The van der Waals surface area contributed by atoms with Crippen molar-refractivity contribution in [1.82, 2.24) is 0 Å². The van der Waals surface area contributed by atoms with E-state index >= 15 is 0 Å². The van der Waals surface area contributed by atoms with Crippen LogP contribution in [0.2, 0.25) is 0 Å². The quantitative estimate of drug-likeness (QED) is 0.518. The van der Waals surface area contributed by atoms with Gasteiger partial charge in [0.1, 0.15) is 17.8 Å². The number of nitrogens with one attached hydrogen (secondary N) is 1. The summed E-state index contributed by atoms with van der Waals surface area (Å²) in [6.45, 7) is 1.61. The van der Waals surface area contributed by atoms with Crippen molar-refractivity contribution in [3.05, 3.63) is 28.3 Å². The number of piperidine rings is 1. The third-order valence-electron chi connectivity index (χ3n) is 3.38. The van der Waals surface area contributed by atoms with Gasteiger partial charge in [-0.05, 0) is 31.4 Å². The van der Waals surface area contributed by atoms with E-state index in [4.69, 9.17) is 10.5 Å². The molecule has 0 aliphatic carbocycles. The summed E-state index contributed by atoms with van der Waals surface area (Å²) in [6, 6.07) is 7.89. The number of rotatable bonds is 4. The zero-order valence-electron chi connectivity index (χ0n) is 11.8. The van der Waals surface area contributed by atoms with Crippen molar-refractivity contribution < 1.29 is 4.92 Å². The van der Waals surface area contributed by atoms with E-state index in [0.29, 0.717) is 11.4 Å². The van der Waals surface area contributed by atoms with Crippen LogP contribution >= 0.6 is 0 Å². The fraction of sp³-hybridized carbons (Fsp3) is 0.357. The number of nitriles is 2. The summed E-state index contributed by atoms with van der Waals surface area (Å²) >= 11 is 0. The van der Waals surface area contributed by atoms with Crippen LogP contribution in [-0.2, 0) is 0 Å². The van der Waals surface area contributed by atoms with Crippen molar-refractivity contribution in [2.24, 2.45) is 5.10 Å². The molecule has 8 heteroatoms. The molecule has 0 saturated carbocycles. The van der Waals surface area contributed by atoms with E-state index in [2.05, 4.69) is 10.5 Å². The lowest BCUT2D eigenvalue weighted by Crippen LogP contribution is -2.29. The molecule has 22 heavy (non-hydrogen) atoms. The second-order valence-corrected chi connectivity index (χ2v) is 4.80. The summed E-state index contributed by atoms with van der Waals surface area (Å²) in [5.41, 5.74) is 3.07. The largest absolute Gasteiger partial charge is 0.366 e. The minimum Gasteiger partial charge on any atom is -0.366 e. The number of hydrogen-bond donors (Lipinski definition) is 1. The van der Waals surface area contributed by atoms with Crippen molar-refractivity contribution in [2.45, 2.75) is 19.3 Å². The van der Waals surface area contributed by atoms with Crippen LogP contribution in [0.5, 0.6) is 0 Å². The van der Waals surface area contributed by atoms with E-state index in [-0.39, 0.29) is 11.4 Å². The van der Waals surface area contributed by atoms with Gasteiger partial charge in [-0.2, -0.15) is 15.6 Å². The van der Waals surface area contributed by atoms with Gasteiger partial charge in [-0.1, -0.05) is 0 Å². The minimum atomic E-state index is -0.436. The van der Waals surface area contributed by atoms with E-state index in [1.54, 1.807) is 24.3 Å². The summed E-state index contributed by atoms with van der Waals surface area (Å²) in [6.07, 6.45) is 3.19. The predicted octanol–water partition coefficient (Wildman–Crippen LogP) is 2.40. The zero-order valence-corrected chi connectivity index (χ0v) is 11.8. The Morgan fingerprint density at radius 1 is 1.27 bits per heavy atom. The molecule has 0 unspecified atom stereocenters. The van der Waals surface area contributed by atoms with E-state index in [1.165, 1.54) is 6.07 Å². The summed E-state index contributed by atoms with van der Waals surface area (Å²) < 4.78 is 0. The summed E-state index contributed by atoms with van der Waals surface area (Å²) in [5, 5.41) is 32.1. The van der Waals surface area contributed by atoms with Gasteiger partial charge in [0, 0.05) is 19.2 Å². The molecule has 0 radical (unpaired) electrons. The van der Waals surface area contributed by atoms with Crippen LogP contribution < -0.4 is 10.3 Å². The molecule has 112 valence electrons. The molecule has 1 fully saturated rings. The molecule has 1 aromatic carbocycles. The van der Waals surface area contributed by atoms with Crippen LogP contribution in [0.15, 0.2) is 23.3 Å². The van der Waals surface area contributed by atoms with Crippen molar-refractivity contribution >= 4 is 22.8 Å². The maximum absolute atomic E-state index is 11.3. The maximum Gasteiger partial charge on any atom is 0.294 e. The molecule has 1 aliphatic heterocycles. The van der Waals surface area contributed by atoms with Gasteiger partial charge in [0.25, 0.3) is 5.69 Å². The number of hydrazone groups is 1. The molecule has 0 atom stereocenters. The van der Waals surface area contributed by atoms with Gasteiger partial charge < -0.3 is 4.90 Å². The summed E-state index contributed by atoms with van der Waals surface area (Å²) in [4.78, 5) is 12.8. The minimum absolute atomic E-state index is 0.0161. The Bertz CT molecular complexity index is 664. The van der Waals surface area contributed by atoms with Gasteiger partial charge in [-0.3, -0.25) is 15.5 Å². The topological polar surface area (TPSA) is 118 Å². The molecular weight excluding hydrogens is 284 g/mol. The van der Waals surface area contributed by atoms with Crippen molar-refractivity contribution in [1.29, 1.82) is 10.5 Å². The fourth-order valence-electron chi connectivity index (χ4n) is 2.34. The standard InChI is InChI=1S/C14H14N6O2/c15-9-12(10-16)18-17-11-4-5-13(14(8-11)20(21)22)19-6-2-1-3-7-19/h4-5,8,17H,1-3,6-7H2. The number of nitro benzene ring substituents is 1. The van der Waals surface area contributed by atoms with Crippen molar-refractivity contribution in [3.63, 3.8) is 0 Å². The first-order valence-electron chi connectivity index (χ1n) is 6.83. The van der Waals surface area contributed by atoms with E-state index in [0.717, 1.165) is 32.4 Å². The highest BCUT2D eigenvalue weighted by Gasteiger charge is 2.21. The van der Waals surface area contributed by atoms with E-state index < -0.39 is 4.92 Å². The van der Waals surface area contributed by atoms with Gasteiger partial charge >= 0.3 is 0 Å². The summed E-state index contributed by atoms with van der Waals surface area (Å²) in [5.74, 6) is 0. The van der Waals surface area contributed by atoms with Crippen molar-refractivity contribution in [3.8, 4) is 12.1 Å². The van der Waals surface area contributed by atoms with Crippen LogP contribution in [0, 0.1) is 32.8 Å². The number of benzene rings is 1. The first-order valence-corrected chi connectivity index (χ1v) is 6.83. The predicted molar refractivity (Wildman–Crippen MR) is 81.4 cm³/mol. The third kappa shape index (κ3) is 3.49. The molecule has 1 heterocycles. The molecule has 0 bridgehead atoms. The first kappa shape index (κ1) is 15.3. The lowest BCUT2D eigenvalue weighted by Gasteiger charge is -2.28. The average Bonchev–Trinajstić information content (AvgIpc) is 2.56. The van der Waals surface area contributed by atoms with Gasteiger partial charge in [-0.15, -0.1) is 0 Å². The second kappa shape index (κ2) is 7.04. The van der Waals surface area contributed by atoms with Gasteiger partial charge in [0.2, 0.25) is 5.71 Å². The third-order valence-corrected chi connectivity index (χ3v) is 3.38. The Hall–Kier alpha value is -3.13. The highest BCUT2D eigenvalue weighted by atomic mass is 16.6.